The van der Waals surface area contributed by atoms with Gasteiger partial charge in [-0.05, 0) is 50.7 Å². The molecule has 1 rings (SSSR count). The summed E-state index contributed by atoms with van der Waals surface area (Å²) in [6, 6.07) is 5.90. The van der Waals surface area contributed by atoms with Gasteiger partial charge in [0, 0.05) is 29.3 Å². The van der Waals surface area contributed by atoms with Crippen molar-refractivity contribution < 1.29 is 14.3 Å². The van der Waals surface area contributed by atoms with E-state index in [1.165, 1.54) is 0 Å². The first-order chi connectivity index (χ1) is 13.6. The summed E-state index contributed by atoms with van der Waals surface area (Å²) in [6.45, 7) is 14.3. The minimum atomic E-state index is -0.575. The maximum Gasteiger partial charge on any atom is 0.222 e. The summed E-state index contributed by atoms with van der Waals surface area (Å²) in [5, 5.41) is 3.69. The Bertz CT molecular complexity index is 716. The predicted octanol–water partition coefficient (Wildman–Crippen LogP) is 5.65. The number of amides is 1. The average molecular weight is 422 g/mol. The van der Waals surface area contributed by atoms with Crippen LogP contribution < -0.4 is 5.32 Å². The zero-order valence-electron chi connectivity index (χ0n) is 18.6. The van der Waals surface area contributed by atoms with Crippen molar-refractivity contribution in [1.82, 2.24) is 5.32 Å². The van der Waals surface area contributed by atoms with Crippen molar-refractivity contribution in [2.75, 3.05) is 13.2 Å². The van der Waals surface area contributed by atoms with Crippen LogP contribution in [0, 0.1) is 18.3 Å². The Hall–Kier alpha value is -1.81. The van der Waals surface area contributed by atoms with Gasteiger partial charge in [-0.25, -0.2) is 0 Å². The molecule has 0 heterocycles. The lowest BCUT2D eigenvalue weighted by atomic mass is 9.77. The lowest BCUT2D eigenvalue weighted by molar-refractivity contribution is -0.130. The highest BCUT2D eigenvalue weighted by Crippen LogP contribution is 2.30. The monoisotopic (exact) mass is 421 g/mol. The van der Waals surface area contributed by atoms with Gasteiger partial charge in [-0.2, -0.15) is 0 Å². The first-order valence-corrected chi connectivity index (χ1v) is 10.8. The highest BCUT2D eigenvalue weighted by atomic mass is 35.5. The third kappa shape index (κ3) is 8.22. The van der Waals surface area contributed by atoms with E-state index in [0.717, 1.165) is 22.6 Å². The lowest BCUT2D eigenvalue weighted by Crippen LogP contribution is -2.36. The number of allylic oxidation sites excluding steroid dienone is 1. The van der Waals surface area contributed by atoms with Gasteiger partial charge in [0.1, 0.15) is 5.78 Å². The van der Waals surface area contributed by atoms with Crippen LogP contribution in [0.1, 0.15) is 64.5 Å². The number of carbonyl (C=O) groups excluding carboxylic acids is 2. The first kappa shape index (κ1) is 25.2. The standard InChI is InChI=1S/C24H36ClNO3/c1-7-18(4)23(28)26-15-13-24(6,14-16-29-17(2)3)21(27)12-11-20-10-8-9-19(5)22(20)25/h8-10,18H,2,7,11-16H2,1,3-6H3,(H,26,28). The fourth-order valence-corrected chi connectivity index (χ4v) is 3.35. The zero-order chi connectivity index (χ0) is 22.0. The van der Waals surface area contributed by atoms with Crippen LogP contribution in [0.15, 0.2) is 30.5 Å². The second-order valence-electron chi connectivity index (χ2n) is 8.18. The van der Waals surface area contributed by atoms with Crippen molar-refractivity contribution >= 4 is 23.3 Å². The highest BCUT2D eigenvalue weighted by molar-refractivity contribution is 6.32. The van der Waals surface area contributed by atoms with Gasteiger partial charge in [0.25, 0.3) is 0 Å². The predicted molar refractivity (Wildman–Crippen MR) is 120 cm³/mol. The van der Waals surface area contributed by atoms with E-state index < -0.39 is 5.41 Å². The Balaban J connectivity index is 2.77. The number of hydrogen-bond acceptors (Lipinski definition) is 3. The summed E-state index contributed by atoms with van der Waals surface area (Å²) < 4.78 is 5.51. The van der Waals surface area contributed by atoms with Gasteiger partial charge in [-0.3, -0.25) is 9.59 Å². The molecular weight excluding hydrogens is 386 g/mol. The summed E-state index contributed by atoms with van der Waals surface area (Å²) >= 11 is 6.38. The van der Waals surface area contributed by atoms with Gasteiger partial charge < -0.3 is 10.1 Å². The summed E-state index contributed by atoms with van der Waals surface area (Å²) in [4.78, 5) is 25.2. The van der Waals surface area contributed by atoms with Crippen LogP contribution >= 0.6 is 11.6 Å². The molecule has 0 saturated heterocycles. The van der Waals surface area contributed by atoms with Gasteiger partial charge >= 0.3 is 0 Å². The molecule has 0 aliphatic heterocycles. The van der Waals surface area contributed by atoms with Crippen molar-refractivity contribution in [3.8, 4) is 0 Å². The van der Waals surface area contributed by atoms with E-state index in [0.29, 0.717) is 44.6 Å². The third-order valence-corrected chi connectivity index (χ3v) is 6.15. The molecule has 0 aliphatic carbocycles. The van der Waals surface area contributed by atoms with Gasteiger partial charge in [0.15, 0.2) is 0 Å². The number of halogens is 1. The van der Waals surface area contributed by atoms with Crippen LogP contribution in [0.3, 0.4) is 0 Å². The largest absolute Gasteiger partial charge is 0.499 e. The summed E-state index contributed by atoms with van der Waals surface area (Å²) in [5.74, 6) is 0.814. The highest BCUT2D eigenvalue weighted by Gasteiger charge is 2.32. The van der Waals surface area contributed by atoms with Gasteiger partial charge in [0.05, 0.1) is 12.4 Å². The van der Waals surface area contributed by atoms with E-state index >= 15 is 0 Å². The van der Waals surface area contributed by atoms with E-state index in [4.69, 9.17) is 16.3 Å². The fourth-order valence-electron chi connectivity index (χ4n) is 3.13. The summed E-state index contributed by atoms with van der Waals surface area (Å²) in [5.41, 5.74) is 1.43. The molecule has 29 heavy (non-hydrogen) atoms. The minimum Gasteiger partial charge on any atom is -0.499 e. The van der Waals surface area contributed by atoms with E-state index in [-0.39, 0.29) is 17.6 Å². The van der Waals surface area contributed by atoms with E-state index in [2.05, 4.69) is 11.9 Å². The lowest BCUT2D eigenvalue weighted by Gasteiger charge is -2.29. The van der Waals surface area contributed by atoms with Crippen LogP contribution in [0.5, 0.6) is 0 Å². The molecule has 1 aromatic carbocycles. The number of ether oxygens (including phenoxy) is 1. The smallest absolute Gasteiger partial charge is 0.222 e. The maximum absolute atomic E-state index is 13.1. The SMILES string of the molecule is C=C(C)OCCC(C)(CCNC(=O)C(C)CC)C(=O)CCc1cccc(C)c1Cl. The Kier molecular flexibility index (Phi) is 10.5. The van der Waals surface area contributed by atoms with Crippen molar-refractivity contribution in [2.24, 2.45) is 11.3 Å². The minimum absolute atomic E-state index is 0.0211. The number of nitrogens with one attached hydrogen (secondary N) is 1. The van der Waals surface area contributed by atoms with Crippen LogP contribution in [0.25, 0.3) is 0 Å². The number of rotatable bonds is 13. The van der Waals surface area contributed by atoms with Crippen molar-refractivity contribution in [1.29, 1.82) is 0 Å². The number of benzene rings is 1. The third-order valence-electron chi connectivity index (χ3n) is 5.60. The molecule has 0 radical (unpaired) electrons. The number of hydrogen-bond donors (Lipinski definition) is 1. The normalized spacial score (nSPS) is 14.0. The molecule has 1 amide bonds. The number of Topliss-reactive ketones (excluding diaryl/α,β-unsaturated/α-hetero) is 1. The van der Waals surface area contributed by atoms with E-state index in [1.807, 2.05) is 45.9 Å². The fraction of sp³-hybridized carbons (Fsp3) is 0.583. The Morgan fingerprint density at radius 3 is 2.62 bits per heavy atom. The van der Waals surface area contributed by atoms with Crippen molar-refractivity contribution in [3.05, 3.63) is 46.7 Å². The molecule has 2 unspecified atom stereocenters. The zero-order valence-corrected chi connectivity index (χ0v) is 19.3. The van der Waals surface area contributed by atoms with Crippen LogP contribution in [0.4, 0.5) is 0 Å². The first-order valence-electron chi connectivity index (χ1n) is 10.4. The Morgan fingerprint density at radius 2 is 2.00 bits per heavy atom. The molecule has 5 heteroatoms. The topological polar surface area (TPSA) is 55.4 Å². The second kappa shape index (κ2) is 12.0. The molecule has 0 saturated carbocycles. The number of ketones is 1. The Labute approximate surface area is 181 Å². The molecule has 4 nitrogen and oxygen atoms in total. The average Bonchev–Trinajstić information content (AvgIpc) is 2.67. The van der Waals surface area contributed by atoms with Crippen LogP contribution in [-0.4, -0.2) is 24.8 Å². The quantitative estimate of drug-likeness (QED) is 0.419. The molecule has 1 N–H and O–H groups in total. The Morgan fingerprint density at radius 1 is 1.31 bits per heavy atom. The second-order valence-corrected chi connectivity index (χ2v) is 8.56. The van der Waals surface area contributed by atoms with Crippen LogP contribution in [0.2, 0.25) is 5.02 Å². The summed E-state index contributed by atoms with van der Waals surface area (Å²) in [7, 11) is 0. The number of aryl methyl sites for hydroxylation is 2. The van der Waals surface area contributed by atoms with E-state index in [1.54, 1.807) is 6.92 Å². The van der Waals surface area contributed by atoms with Crippen molar-refractivity contribution in [3.63, 3.8) is 0 Å². The molecule has 0 fully saturated rings. The number of carbonyl (C=O) groups is 2. The molecule has 0 bridgehead atoms. The van der Waals surface area contributed by atoms with Crippen molar-refractivity contribution in [2.45, 2.75) is 66.7 Å². The molecule has 0 spiro atoms. The van der Waals surface area contributed by atoms with Gasteiger partial charge in [0.2, 0.25) is 5.91 Å². The maximum atomic E-state index is 13.1. The van der Waals surface area contributed by atoms with Crippen LogP contribution in [-0.2, 0) is 20.7 Å². The summed E-state index contributed by atoms with van der Waals surface area (Å²) in [6.07, 6.45) is 2.97. The molecule has 2 atom stereocenters. The van der Waals surface area contributed by atoms with Gasteiger partial charge in [-0.1, -0.05) is 57.2 Å². The molecule has 0 aromatic heterocycles. The molecule has 1 aromatic rings. The van der Waals surface area contributed by atoms with E-state index in [9.17, 15) is 9.59 Å². The molecule has 162 valence electrons. The van der Waals surface area contributed by atoms with Gasteiger partial charge in [-0.15, -0.1) is 0 Å². The molecule has 0 aliphatic rings. The molecular formula is C24H36ClNO3.